The minimum atomic E-state index is 0.244. The lowest BCUT2D eigenvalue weighted by Crippen LogP contribution is -2.33. The maximum atomic E-state index is 6.05. The lowest BCUT2D eigenvalue weighted by Gasteiger charge is -2.35. The highest BCUT2D eigenvalue weighted by Crippen LogP contribution is 2.33. The Morgan fingerprint density at radius 2 is 1.50 bits per heavy atom. The maximum Gasteiger partial charge on any atom is 0.0627 e. The molecular weight excluding hydrogens is 196 g/mol. The van der Waals surface area contributed by atoms with E-state index in [4.69, 9.17) is 4.74 Å². The average Bonchev–Trinajstić information content (AvgIpc) is 2.10. The molecule has 0 aliphatic heterocycles. The molecule has 0 aromatic carbocycles. The third kappa shape index (κ3) is 6.52. The number of hydrogen-bond acceptors (Lipinski definition) is 1. The van der Waals surface area contributed by atoms with Gasteiger partial charge in [0.15, 0.2) is 0 Å². The number of rotatable bonds is 6. The van der Waals surface area contributed by atoms with E-state index in [0.29, 0.717) is 17.6 Å². The Hall–Kier alpha value is -0.0400. The Bertz CT molecular complexity index is 186. The van der Waals surface area contributed by atoms with Gasteiger partial charge >= 0.3 is 0 Å². The van der Waals surface area contributed by atoms with Crippen molar-refractivity contribution in [2.75, 3.05) is 0 Å². The van der Waals surface area contributed by atoms with Crippen molar-refractivity contribution < 1.29 is 4.74 Å². The fourth-order valence-corrected chi connectivity index (χ4v) is 1.73. The molecule has 1 atom stereocenters. The zero-order chi connectivity index (χ0) is 13.0. The third-order valence-electron chi connectivity index (χ3n) is 3.44. The van der Waals surface area contributed by atoms with Gasteiger partial charge in [-0.1, -0.05) is 48.0 Å². The Morgan fingerprint density at radius 3 is 1.81 bits per heavy atom. The first-order chi connectivity index (χ1) is 7.08. The van der Waals surface area contributed by atoms with Crippen molar-refractivity contribution in [3.8, 4) is 0 Å². The van der Waals surface area contributed by atoms with E-state index in [0.717, 1.165) is 0 Å². The van der Waals surface area contributed by atoms with Gasteiger partial charge in [-0.05, 0) is 37.5 Å². The summed E-state index contributed by atoms with van der Waals surface area (Å²) in [7, 11) is 0. The van der Waals surface area contributed by atoms with Crippen LogP contribution in [0.5, 0.6) is 0 Å². The Labute approximate surface area is 103 Å². The summed E-state index contributed by atoms with van der Waals surface area (Å²) in [5.74, 6) is 0. The monoisotopic (exact) mass is 228 g/mol. The van der Waals surface area contributed by atoms with E-state index in [9.17, 15) is 0 Å². The molecule has 16 heavy (non-hydrogen) atoms. The zero-order valence-corrected chi connectivity index (χ0v) is 12.7. The molecule has 98 valence electrons. The fourth-order valence-electron chi connectivity index (χ4n) is 1.73. The molecule has 1 unspecified atom stereocenters. The van der Waals surface area contributed by atoms with Crippen molar-refractivity contribution >= 4 is 0 Å². The second-order valence-corrected chi connectivity index (χ2v) is 7.10. The Kier molecular flexibility index (Phi) is 6.03. The van der Waals surface area contributed by atoms with Gasteiger partial charge < -0.3 is 4.74 Å². The molecule has 0 saturated heterocycles. The van der Waals surface area contributed by atoms with Crippen molar-refractivity contribution in [2.24, 2.45) is 10.8 Å². The molecule has 0 rings (SSSR count). The van der Waals surface area contributed by atoms with Gasteiger partial charge in [-0.15, -0.1) is 0 Å². The van der Waals surface area contributed by atoms with Crippen LogP contribution in [0.3, 0.4) is 0 Å². The van der Waals surface area contributed by atoms with E-state index in [-0.39, 0.29) is 5.41 Å². The van der Waals surface area contributed by atoms with Gasteiger partial charge in [0.1, 0.15) is 0 Å². The summed E-state index contributed by atoms with van der Waals surface area (Å²) in [6.45, 7) is 18.1. The lowest BCUT2D eigenvalue weighted by molar-refractivity contribution is -0.0608. The standard InChI is InChI=1S/C15H32O/c1-9-15(7,8)11-10-13(14(4,5)6)16-12(2)3/h12-13H,9-11H2,1-8H3. The molecule has 0 saturated carbocycles. The van der Waals surface area contributed by atoms with Crippen LogP contribution in [0.4, 0.5) is 0 Å². The summed E-state index contributed by atoms with van der Waals surface area (Å²) < 4.78 is 6.05. The first-order valence-corrected chi connectivity index (χ1v) is 6.74. The summed E-state index contributed by atoms with van der Waals surface area (Å²) in [4.78, 5) is 0. The zero-order valence-electron chi connectivity index (χ0n) is 12.7. The Morgan fingerprint density at radius 1 is 1.00 bits per heavy atom. The van der Waals surface area contributed by atoms with Crippen LogP contribution in [0.1, 0.15) is 74.7 Å². The molecule has 0 aliphatic rings. The van der Waals surface area contributed by atoms with Crippen LogP contribution in [0, 0.1) is 10.8 Å². The van der Waals surface area contributed by atoms with Crippen molar-refractivity contribution in [1.29, 1.82) is 0 Å². The van der Waals surface area contributed by atoms with Crippen molar-refractivity contribution in [2.45, 2.75) is 86.9 Å². The molecular formula is C15H32O. The van der Waals surface area contributed by atoms with Crippen LogP contribution in [-0.4, -0.2) is 12.2 Å². The highest BCUT2D eigenvalue weighted by Gasteiger charge is 2.28. The van der Waals surface area contributed by atoms with Crippen LogP contribution < -0.4 is 0 Å². The summed E-state index contributed by atoms with van der Waals surface area (Å²) in [5, 5.41) is 0. The summed E-state index contributed by atoms with van der Waals surface area (Å²) in [6.07, 6.45) is 4.36. The van der Waals surface area contributed by atoms with E-state index in [1.165, 1.54) is 19.3 Å². The third-order valence-corrected chi connectivity index (χ3v) is 3.44. The molecule has 0 bridgehead atoms. The molecule has 0 spiro atoms. The van der Waals surface area contributed by atoms with Gasteiger partial charge in [-0.2, -0.15) is 0 Å². The largest absolute Gasteiger partial charge is 0.375 e. The van der Waals surface area contributed by atoms with E-state index in [1.807, 2.05) is 0 Å². The van der Waals surface area contributed by atoms with Crippen LogP contribution in [0.15, 0.2) is 0 Å². The molecule has 0 aromatic heterocycles. The molecule has 0 N–H and O–H groups in total. The Balaban J connectivity index is 4.34. The predicted octanol–water partition coefficient (Wildman–Crippen LogP) is 5.04. The van der Waals surface area contributed by atoms with Gasteiger partial charge in [0.25, 0.3) is 0 Å². The molecule has 0 heterocycles. The highest BCUT2D eigenvalue weighted by molar-refractivity contribution is 4.78. The minimum absolute atomic E-state index is 0.244. The average molecular weight is 228 g/mol. The predicted molar refractivity (Wildman–Crippen MR) is 72.8 cm³/mol. The number of hydrogen-bond donors (Lipinski definition) is 0. The van der Waals surface area contributed by atoms with E-state index < -0.39 is 0 Å². The normalized spacial score (nSPS) is 15.6. The van der Waals surface area contributed by atoms with Gasteiger partial charge in [-0.25, -0.2) is 0 Å². The first kappa shape index (κ1) is 16.0. The molecule has 0 aliphatic carbocycles. The van der Waals surface area contributed by atoms with Gasteiger partial charge in [-0.3, -0.25) is 0 Å². The van der Waals surface area contributed by atoms with Crippen molar-refractivity contribution in [3.05, 3.63) is 0 Å². The molecule has 0 aromatic rings. The quantitative estimate of drug-likeness (QED) is 0.618. The van der Waals surface area contributed by atoms with E-state index >= 15 is 0 Å². The summed E-state index contributed by atoms with van der Waals surface area (Å²) in [5.41, 5.74) is 0.692. The second-order valence-electron chi connectivity index (χ2n) is 7.10. The van der Waals surface area contributed by atoms with Gasteiger partial charge in [0, 0.05) is 0 Å². The van der Waals surface area contributed by atoms with Crippen molar-refractivity contribution in [1.82, 2.24) is 0 Å². The summed E-state index contributed by atoms with van der Waals surface area (Å²) in [6, 6.07) is 0. The molecule has 1 nitrogen and oxygen atoms in total. The second kappa shape index (κ2) is 6.05. The SMILES string of the molecule is CCC(C)(C)CCC(OC(C)C)C(C)(C)C. The van der Waals surface area contributed by atoms with Crippen LogP contribution >= 0.6 is 0 Å². The smallest absolute Gasteiger partial charge is 0.0627 e. The van der Waals surface area contributed by atoms with E-state index in [1.54, 1.807) is 0 Å². The maximum absolute atomic E-state index is 6.05. The van der Waals surface area contributed by atoms with Crippen molar-refractivity contribution in [3.63, 3.8) is 0 Å². The molecule has 0 amide bonds. The minimum Gasteiger partial charge on any atom is -0.375 e. The number of ether oxygens (including phenoxy) is 1. The topological polar surface area (TPSA) is 9.23 Å². The van der Waals surface area contributed by atoms with Crippen LogP contribution in [0.25, 0.3) is 0 Å². The molecule has 0 fully saturated rings. The van der Waals surface area contributed by atoms with Crippen LogP contribution in [0.2, 0.25) is 0 Å². The highest BCUT2D eigenvalue weighted by atomic mass is 16.5. The molecule has 0 radical (unpaired) electrons. The summed E-state index contributed by atoms with van der Waals surface area (Å²) >= 11 is 0. The fraction of sp³-hybridized carbons (Fsp3) is 1.00. The lowest BCUT2D eigenvalue weighted by atomic mass is 9.79. The molecule has 1 heteroatoms. The van der Waals surface area contributed by atoms with E-state index in [2.05, 4.69) is 55.4 Å². The van der Waals surface area contributed by atoms with Gasteiger partial charge in [0.2, 0.25) is 0 Å². The van der Waals surface area contributed by atoms with Crippen LogP contribution in [-0.2, 0) is 4.74 Å². The first-order valence-electron chi connectivity index (χ1n) is 6.74. The van der Waals surface area contributed by atoms with Gasteiger partial charge in [0.05, 0.1) is 12.2 Å².